The van der Waals surface area contributed by atoms with E-state index in [9.17, 15) is 18.0 Å². The Kier molecular flexibility index (Phi) is 7.36. The minimum Gasteiger partial charge on any atom is -0.478 e. The van der Waals surface area contributed by atoms with Crippen LogP contribution in [-0.4, -0.2) is 37.4 Å². The van der Waals surface area contributed by atoms with Crippen molar-refractivity contribution < 1.29 is 22.7 Å². The highest BCUT2D eigenvalue weighted by Crippen LogP contribution is 2.36. The highest BCUT2D eigenvalue weighted by molar-refractivity contribution is 6.29. The first-order valence-corrected chi connectivity index (χ1v) is 10.6. The molecule has 3 aromatic rings. The standard InChI is InChI=1S/C22H23ClF3N5O2/c1-5-33-19-10-14(9-18(23)27-19)8-15(32)6-12(2)17-7-13(3)20(29-28-17)16-11-31(4)30-21(16)22(24,25)26/h7,9-12H,5-6,8H2,1-4H3. The van der Waals surface area contributed by atoms with Gasteiger partial charge in [-0.25, -0.2) is 4.98 Å². The molecule has 1 unspecified atom stereocenters. The van der Waals surface area contributed by atoms with Crippen molar-refractivity contribution in [3.63, 3.8) is 0 Å². The second-order valence-electron chi connectivity index (χ2n) is 7.75. The van der Waals surface area contributed by atoms with Gasteiger partial charge >= 0.3 is 6.18 Å². The van der Waals surface area contributed by atoms with Crippen molar-refractivity contribution in [1.29, 1.82) is 0 Å². The fourth-order valence-corrected chi connectivity index (χ4v) is 3.70. The molecule has 0 aromatic carbocycles. The highest BCUT2D eigenvalue weighted by Gasteiger charge is 2.38. The number of halogens is 4. The summed E-state index contributed by atoms with van der Waals surface area (Å²) in [4.78, 5) is 16.7. The third-order valence-corrected chi connectivity index (χ3v) is 5.11. The number of carbonyl (C=O) groups excluding carboxylic acids is 1. The van der Waals surface area contributed by atoms with E-state index in [1.807, 2.05) is 13.8 Å². The number of hydrogen-bond donors (Lipinski definition) is 0. The van der Waals surface area contributed by atoms with Gasteiger partial charge in [-0.3, -0.25) is 9.48 Å². The first kappa shape index (κ1) is 24.6. The molecule has 7 nitrogen and oxygen atoms in total. The van der Waals surface area contributed by atoms with Crippen molar-refractivity contribution in [1.82, 2.24) is 25.0 Å². The molecule has 0 saturated heterocycles. The quantitative estimate of drug-likeness (QED) is 0.423. The maximum atomic E-state index is 13.3. The predicted octanol–water partition coefficient (Wildman–Crippen LogP) is 4.96. The van der Waals surface area contributed by atoms with Crippen LogP contribution in [0.5, 0.6) is 5.88 Å². The Balaban J connectivity index is 1.75. The first-order chi connectivity index (χ1) is 15.5. The summed E-state index contributed by atoms with van der Waals surface area (Å²) >= 11 is 6.00. The van der Waals surface area contributed by atoms with E-state index < -0.39 is 11.9 Å². The monoisotopic (exact) mass is 481 g/mol. The molecule has 3 aromatic heterocycles. The largest absolute Gasteiger partial charge is 0.478 e. The molecule has 0 spiro atoms. The Hall–Kier alpha value is -3.01. The van der Waals surface area contributed by atoms with Gasteiger partial charge < -0.3 is 4.74 Å². The third-order valence-electron chi connectivity index (χ3n) is 4.92. The van der Waals surface area contributed by atoms with Crippen LogP contribution < -0.4 is 4.74 Å². The molecule has 176 valence electrons. The normalized spacial score (nSPS) is 12.6. The van der Waals surface area contributed by atoms with Crippen molar-refractivity contribution in [2.24, 2.45) is 7.05 Å². The molecular weight excluding hydrogens is 459 g/mol. The molecule has 33 heavy (non-hydrogen) atoms. The topological polar surface area (TPSA) is 82.8 Å². The van der Waals surface area contributed by atoms with Crippen molar-refractivity contribution in [2.75, 3.05) is 6.61 Å². The Labute approximate surface area is 194 Å². The summed E-state index contributed by atoms with van der Waals surface area (Å²) in [6, 6.07) is 4.93. The number of ether oxygens (including phenoxy) is 1. The molecule has 1 atom stereocenters. The number of Topliss-reactive ketones (excluding diaryl/α,β-unsaturated/α-hetero) is 1. The van der Waals surface area contributed by atoms with Gasteiger partial charge in [-0.15, -0.1) is 5.10 Å². The zero-order chi connectivity index (χ0) is 24.3. The van der Waals surface area contributed by atoms with Crippen LogP contribution in [0.1, 0.15) is 48.7 Å². The van der Waals surface area contributed by atoms with E-state index in [1.165, 1.54) is 13.2 Å². The lowest BCUT2D eigenvalue weighted by Crippen LogP contribution is -2.11. The summed E-state index contributed by atoms with van der Waals surface area (Å²) in [5, 5.41) is 11.9. The molecule has 0 aliphatic rings. The second kappa shape index (κ2) is 9.86. The number of rotatable bonds is 8. The number of aromatic nitrogens is 5. The molecule has 3 heterocycles. The molecule has 0 amide bonds. The summed E-state index contributed by atoms with van der Waals surface area (Å²) in [5.74, 6) is 0.0197. The Morgan fingerprint density at radius 2 is 1.97 bits per heavy atom. The molecule has 0 aliphatic heterocycles. The van der Waals surface area contributed by atoms with Crippen LogP contribution in [0.15, 0.2) is 24.4 Å². The van der Waals surface area contributed by atoms with Crippen LogP contribution in [0.3, 0.4) is 0 Å². The summed E-state index contributed by atoms with van der Waals surface area (Å²) < 4.78 is 46.4. The van der Waals surface area contributed by atoms with Crippen molar-refractivity contribution >= 4 is 17.4 Å². The van der Waals surface area contributed by atoms with Crippen LogP contribution in [0.4, 0.5) is 13.2 Å². The maximum absolute atomic E-state index is 13.3. The van der Waals surface area contributed by atoms with Gasteiger partial charge in [0.05, 0.1) is 23.6 Å². The summed E-state index contributed by atoms with van der Waals surface area (Å²) in [6.45, 7) is 5.72. The Bertz CT molecular complexity index is 1160. The minimum atomic E-state index is -4.61. The van der Waals surface area contributed by atoms with Crippen LogP contribution in [0.25, 0.3) is 11.3 Å². The fraction of sp³-hybridized carbons (Fsp3) is 0.409. The third kappa shape index (κ3) is 6.07. The van der Waals surface area contributed by atoms with Gasteiger partial charge in [-0.05, 0) is 37.1 Å². The number of ketones is 1. The van der Waals surface area contributed by atoms with Gasteiger partial charge in [0.2, 0.25) is 5.88 Å². The average Bonchev–Trinajstić information content (AvgIpc) is 3.09. The number of carbonyl (C=O) groups is 1. The lowest BCUT2D eigenvalue weighted by Gasteiger charge is -2.13. The minimum absolute atomic E-state index is 0.0534. The van der Waals surface area contributed by atoms with Gasteiger partial charge in [0.1, 0.15) is 10.9 Å². The van der Waals surface area contributed by atoms with Crippen LogP contribution >= 0.6 is 11.6 Å². The van der Waals surface area contributed by atoms with E-state index in [1.54, 1.807) is 25.1 Å². The van der Waals surface area contributed by atoms with E-state index in [0.29, 0.717) is 29.3 Å². The zero-order valence-corrected chi connectivity index (χ0v) is 19.3. The second-order valence-corrected chi connectivity index (χ2v) is 8.14. The molecule has 3 rings (SSSR count). The molecule has 0 bridgehead atoms. The van der Waals surface area contributed by atoms with Gasteiger partial charge in [0.25, 0.3) is 0 Å². The first-order valence-electron chi connectivity index (χ1n) is 10.2. The fourth-order valence-electron chi connectivity index (χ4n) is 3.48. The van der Waals surface area contributed by atoms with Crippen molar-refractivity contribution in [3.8, 4) is 17.1 Å². The SMILES string of the molecule is CCOc1cc(CC(=O)CC(C)c2cc(C)c(-c3cn(C)nc3C(F)(F)F)nn2)cc(Cl)n1. The lowest BCUT2D eigenvalue weighted by molar-refractivity contribution is -0.141. The highest BCUT2D eigenvalue weighted by atomic mass is 35.5. The smallest absolute Gasteiger partial charge is 0.435 e. The number of alkyl halides is 3. The lowest BCUT2D eigenvalue weighted by atomic mass is 9.96. The molecular formula is C22H23ClF3N5O2. The maximum Gasteiger partial charge on any atom is 0.435 e. The van der Waals surface area contributed by atoms with Crippen molar-refractivity contribution in [2.45, 2.75) is 45.7 Å². The molecule has 0 radical (unpaired) electrons. The van der Waals surface area contributed by atoms with E-state index in [2.05, 4.69) is 20.3 Å². The van der Waals surface area contributed by atoms with E-state index in [-0.39, 0.29) is 41.0 Å². The van der Waals surface area contributed by atoms with Gasteiger partial charge in [-0.2, -0.15) is 23.4 Å². The number of aryl methyl sites for hydroxylation is 2. The average molecular weight is 482 g/mol. The molecule has 0 saturated carbocycles. The van der Waals surface area contributed by atoms with E-state index >= 15 is 0 Å². The predicted molar refractivity (Wildman–Crippen MR) is 116 cm³/mol. The van der Waals surface area contributed by atoms with Crippen LogP contribution in [0, 0.1) is 6.92 Å². The summed E-state index contributed by atoms with van der Waals surface area (Å²) in [6.07, 6.45) is -3.02. The van der Waals surface area contributed by atoms with E-state index in [4.69, 9.17) is 16.3 Å². The Morgan fingerprint density at radius 3 is 2.61 bits per heavy atom. The molecule has 0 N–H and O–H groups in total. The molecule has 11 heteroatoms. The summed E-state index contributed by atoms with van der Waals surface area (Å²) in [5.41, 5.74) is 0.674. The van der Waals surface area contributed by atoms with Crippen LogP contribution in [-0.2, 0) is 24.4 Å². The van der Waals surface area contributed by atoms with Crippen molar-refractivity contribution in [3.05, 3.63) is 52.1 Å². The van der Waals surface area contributed by atoms with E-state index in [0.717, 1.165) is 4.68 Å². The summed E-state index contributed by atoms with van der Waals surface area (Å²) in [7, 11) is 1.41. The Morgan fingerprint density at radius 1 is 1.24 bits per heavy atom. The molecule has 0 fully saturated rings. The van der Waals surface area contributed by atoms with Gasteiger partial charge in [0, 0.05) is 38.1 Å². The van der Waals surface area contributed by atoms with Crippen LogP contribution in [0.2, 0.25) is 5.15 Å². The number of hydrogen-bond acceptors (Lipinski definition) is 6. The number of pyridine rings is 1. The molecule has 0 aliphatic carbocycles. The zero-order valence-electron chi connectivity index (χ0n) is 18.6. The van der Waals surface area contributed by atoms with Gasteiger partial charge in [0.15, 0.2) is 5.69 Å². The van der Waals surface area contributed by atoms with Gasteiger partial charge in [-0.1, -0.05) is 18.5 Å². The number of nitrogens with zero attached hydrogens (tertiary/aromatic N) is 5.